The van der Waals surface area contributed by atoms with Gasteiger partial charge in [-0.05, 0) is 30.0 Å². The van der Waals surface area contributed by atoms with Gasteiger partial charge in [0.2, 0.25) is 0 Å². The van der Waals surface area contributed by atoms with Crippen LogP contribution in [0.15, 0.2) is 24.3 Å². The summed E-state index contributed by atoms with van der Waals surface area (Å²) in [7, 11) is 0. The minimum Gasteiger partial charge on any atom is -0.394 e. The number of aliphatic hydroxyl groups excluding tert-OH is 1. The van der Waals surface area contributed by atoms with Crippen LogP contribution in [0.5, 0.6) is 0 Å². The molecule has 0 amide bonds. The highest BCUT2D eigenvalue weighted by molar-refractivity contribution is 5.20. The van der Waals surface area contributed by atoms with Gasteiger partial charge in [0.15, 0.2) is 0 Å². The summed E-state index contributed by atoms with van der Waals surface area (Å²) >= 11 is 0. The van der Waals surface area contributed by atoms with Gasteiger partial charge < -0.3 is 15.2 Å². The van der Waals surface area contributed by atoms with Crippen LogP contribution in [0.25, 0.3) is 0 Å². The fourth-order valence-corrected chi connectivity index (χ4v) is 2.21. The van der Waals surface area contributed by atoms with Crippen LogP contribution in [0, 0.1) is 5.82 Å². The molecular formula is C14H20FNO2. The molecule has 1 heterocycles. The maximum absolute atomic E-state index is 12.8. The van der Waals surface area contributed by atoms with E-state index in [1.165, 1.54) is 12.1 Å². The predicted octanol–water partition coefficient (Wildman–Crippen LogP) is 1.67. The van der Waals surface area contributed by atoms with Crippen LogP contribution in [-0.2, 0) is 4.74 Å². The first kappa shape index (κ1) is 13.5. The quantitative estimate of drug-likeness (QED) is 0.838. The van der Waals surface area contributed by atoms with Gasteiger partial charge in [-0.2, -0.15) is 0 Å². The Balaban J connectivity index is 1.91. The number of rotatable bonds is 5. The Bertz CT molecular complexity index is 374. The number of hydrogen-bond donors (Lipinski definition) is 2. The molecule has 2 atom stereocenters. The Hall–Kier alpha value is -0.970. The van der Waals surface area contributed by atoms with Gasteiger partial charge in [-0.3, -0.25) is 0 Å². The van der Waals surface area contributed by atoms with Crippen molar-refractivity contribution in [2.45, 2.75) is 24.8 Å². The maximum Gasteiger partial charge on any atom is 0.123 e. The normalized spacial score (nSPS) is 25.3. The van der Waals surface area contributed by atoms with Crippen LogP contribution < -0.4 is 5.32 Å². The summed E-state index contributed by atoms with van der Waals surface area (Å²) in [5.74, 6) is 0.0598. The van der Waals surface area contributed by atoms with E-state index in [0.29, 0.717) is 13.2 Å². The molecule has 0 aromatic heterocycles. The molecule has 1 aliphatic rings. The third-order valence-electron chi connectivity index (χ3n) is 3.63. The van der Waals surface area contributed by atoms with E-state index in [9.17, 15) is 9.50 Å². The Morgan fingerprint density at radius 2 is 2.17 bits per heavy atom. The molecule has 1 aromatic rings. The van der Waals surface area contributed by atoms with Crippen molar-refractivity contribution in [1.82, 2.24) is 5.32 Å². The first-order valence-corrected chi connectivity index (χ1v) is 6.34. The van der Waals surface area contributed by atoms with Gasteiger partial charge in [0.1, 0.15) is 5.82 Å². The van der Waals surface area contributed by atoms with E-state index in [1.54, 1.807) is 12.1 Å². The second-order valence-corrected chi connectivity index (χ2v) is 5.07. The zero-order valence-electron chi connectivity index (χ0n) is 10.7. The molecule has 1 aromatic carbocycles. The zero-order valence-corrected chi connectivity index (χ0v) is 10.7. The van der Waals surface area contributed by atoms with Gasteiger partial charge in [0.25, 0.3) is 0 Å². The number of ether oxygens (including phenoxy) is 1. The van der Waals surface area contributed by atoms with Crippen molar-refractivity contribution in [1.29, 1.82) is 0 Å². The summed E-state index contributed by atoms with van der Waals surface area (Å²) in [6.45, 7) is 4.16. The van der Waals surface area contributed by atoms with Gasteiger partial charge in [0.05, 0.1) is 18.8 Å². The Labute approximate surface area is 107 Å². The summed E-state index contributed by atoms with van der Waals surface area (Å²) in [6, 6.07) is 6.57. The van der Waals surface area contributed by atoms with Crippen molar-refractivity contribution in [3.05, 3.63) is 35.6 Å². The molecule has 1 aliphatic heterocycles. The number of benzene rings is 1. The molecule has 1 fully saturated rings. The molecule has 0 unspecified atom stereocenters. The monoisotopic (exact) mass is 253 g/mol. The summed E-state index contributed by atoms with van der Waals surface area (Å²) in [5.41, 5.74) is 0.796. The van der Waals surface area contributed by atoms with Crippen molar-refractivity contribution in [2.75, 3.05) is 26.4 Å². The minimum absolute atomic E-state index is 0.0864. The highest BCUT2D eigenvalue weighted by Gasteiger charge is 2.33. The fraction of sp³-hybridized carbons (Fsp3) is 0.571. The van der Waals surface area contributed by atoms with Crippen molar-refractivity contribution in [3.8, 4) is 0 Å². The summed E-state index contributed by atoms with van der Waals surface area (Å²) in [6.07, 6.45) is 0.833. The topological polar surface area (TPSA) is 41.5 Å². The van der Waals surface area contributed by atoms with Gasteiger partial charge in [-0.1, -0.05) is 19.1 Å². The Kier molecular flexibility index (Phi) is 4.32. The van der Waals surface area contributed by atoms with Crippen LogP contribution >= 0.6 is 0 Å². The SMILES string of the molecule is C[C@H](CN[C@]1(CO)CCOC1)c1ccc(F)cc1. The standard InChI is InChI=1S/C14H20FNO2/c1-11(12-2-4-13(15)5-3-12)8-16-14(9-17)6-7-18-10-14/h2-5,11,16-17H,6-10H2,1H3/t11-,14+/m1/s1. The molecular weight excluding hydrogens is 233 g/mol. The molecule has 100 valence electrons. The van der Waals surface area contributed by atoms with Crippen molar-refractivity contribution in [3.63, 3.8) is 0 Å². The third-order valence-corrected chi connectivity index (χ3v) is 3.63. The minimum atomic E-state index is -0.297. The van der Waals surface area contributed by atoms with E-state index in [4.69, 9.17) is 4.74 Å². The maximum atomic E-state index is 12.8. The number of halogens is 1. The van der Waals surface area contributed by atoms with Gasteiger partial charge >= 0.3 is 0 Å². The van der Waals surface area contributed by atoms with Crippen molar-refractivity contribution < 1.29 is 14.2 Å². The number of aliphatic hydroxyl groups is 1. The lowest BCUT2D eigenvalue weighted by molar-refractivity contribution is 0.120. The molecule has 0 saturated carbocycles. The zero-order chi connectivity index (χ0) is 13.0. The molecule has 18 heavy (non-hydrogen) atoms. The second-order valence-electron chi connectivity index (χ2n) is 5.07. The Morgan fingerprint density at radius 1 is 1.44 bits per heavy atom. The average molecular weight is 253 g/mol. The van der Waals surface area contributed by atoms with E-state index >= 15 is 0 Å². The molecule has 0 aliphatic carbocycles. The van der Waals surface area contributed by atoms with Crippen LogP contribution in [0.4, 0.5) is 4.39 Å². The van der Waals surface area contributed by atoms with Crippen LogP contribution in [0.1, 0.15) is 24.8 Å². The lowest BCUT2D eigenvalue weighted by atomic mass is 9.96. The molecule has 2 N–H and O–H groups in total. The number of hydrogen-bond acceptors (Lipinski definition) is 3. The van der Waals surface area contributed by atoms with E-state index in [0.717, 1.165) is 18.5 Å². The highest BCUT2D eigenvalue weighted by Crippen LogP contribution is 2.20. The molecule has 0 radical (unpaired) electrons. The average Bonchev–Trinajstić information content (AvgIpc) is 2.86. The van der Waals surface area contributed by atoms with Crippen LogP contribution in [0.3, 0.4) is 0 Å². The van der Waals surface area contributed by atoms with Gasteiger partial charge in [-0.25, -0.2) is 4.39 Å². The van der Waals surface area contributed by atoms with Gasteiger partial charge in [-0.15, -0.1) is 0 Å². The molecule has 4 heteroatoms. The number of nitrogens with one attached hydrogen (secondary N) is 1. The van der Waals surface area contributed by atoms with Gasteiger partial charge in [0, 0.05) is 13.2 Å². The molecule has 0 bridgehead atoms. The van der Waals surface area contributed by atoms with Crippen molar-refractivity contribution in [2.24, 2.45) is 0 Å². The largest absolute Gasteiger partial charge is 0.394 e. The summed E-state index contributed by atoms with van der Waals surface area (Å²) < 4.78 is 18.2. The predicted molar refractivity (Wildman–Crippen MR) is 68.1 cm³/mol. The van der Waals surface area contributed by atoms with Crippen LogP contribution in [-0.4, -0.2) is 37.0 Å². The van der Waals surface area contributed by atoms with E-state index in [1.807, 2.05) is 0 Å². The first-order valence-electron chi connectivity index (χ1n) is 6.34. The lowest BCUT2D eigenvalue weighted by Gasteiger charge is -2.28. The van der Waals surface area contributed by atoms with E-state index in [2.05, 4.69) is 12.2 Å². The van der Waals surface area contributed by atoms with E-state index in [-0.39, 0.29) is 23.9 Å². The Morgan fingerprint density at radius 3 is 2.72 bits per heavy atom. The highest BCUT2D eigenvalue weighted by atomic mass is 19.1. The molecule has 3 nitrogen and oxygen atoms in total. The smallest absolute Gasteiger partial charge is 0.123 e. The van der Waals surface area contributed by atoms with E-state index < -0.39 is 0 Å². The fourth-order valence-electron chi connectivity index (χ4n) is 2.21. The molecule has 0 spiro atoms. The summed E-state index contributed by atoms with van der Waals surface area (Å²) in [5, 5.41) is 12.8. The third kappa shape index (κ3) is 3.07. The lowest BCUT2D eigenvalue weighted by Crippen LogP contribution is -2.50. The van der Waals surface area contributed by atoms with Crippen molar-refractivity contribution >= 4 is 0 Å². The summed E-state index contributed by atoms with van der Waals surface area (Å²) in [4.78, 5) is 0. The first-order chi connectivity index (χ1) is 8.65. The molecule has 2 rings (SSSR count). The molecule has 1 saturated heterocycles. The second kappa shape index (κ2) is 5.78. The van der Waals surface area contributed by atoms with Crippen LogP contribution in [0.2, 0.25) is 0 Å².